The van der Waals surface area contributed by atoms with Crippen LogP contribution in [0.15, 0.2) is 76.6 Å². The Morgan fingerprint density at radius 1 is 0.923 bits per heavy atom. The molecular formula is C18H14N4O3S. The van der Waals surface area contributed by atoms with Gasteiger partial charge in [0.2, 0.25) is 10.0 Å². The van der Waals surface area contributed by atoms with Crippen LogP contribution in [0, 0.1) is 0 Å². The summed E-state index contributed by atoms with van der Waals surface area (Å²) in [5.74, 6) is 0.527. The van der Waals surface area contributed by atoms with Crippen LogP contribution >= 0.6 is 0 Å². The van der Waals surface area contributed by atoms with E-state index >= 15 is 0 Å². The van der Waals surface area contributed by atoms with Crippen LogP contribution in [-0.4, -0.2) is 23.4 Å². The van der Waals surface area contributed by atoms with Gasteiger partial charge in [-0.25, -0.2) is 18.1 Å². The summed E-state index contributed by atoms with van der Waals surface area (Å²) in [6.45, 7) is -0.0184. The highest BCUT2D eigenvalue weighted by molar-refractivity contribution is 7.89. The first-order chi connectivity index (χ1) is 12.6. The number of nitrogens with one attached hydrogen (secondary N) is 1. The van der Waals surface area contributed by atoms with Gasteiger partial charge in [-0.05, 0) is 24.3 Å². The van der Waals surface area contributed by atoms with Crippen LogP contribution in [-0.2, 0) is 16.6 Å². The van der Waals surface area contributed by atoms with E-state index in [2.05, 4.69) is 19.7 Å². The number of aromatic nitrogens is 3. The Kier molecular flexibility index (Phi) is 4.19. The lowest BCUT2D eigenvalue weighted by Crippen LogP contribution is -2.24. The maximum atomic E-state index is 12.8. The number of rotatable bonds is 5. The molecule has 4 rings (SSSR count). The summed E-state index contributed by atoms with van der Waals surface area (Å²) < 4.78 is 33.5. The van der Waals surface area contributed by atoms with Crippen molar-refractivity contribution in [1.82, 2.24) is 19.7 Å². The molecule has 0 spiro atoms. The summed E-state index contributed by atoms with van der Waals surface area (Å²) in [4.78, 5) is 12.8. The molecule has 8 heteroatoms. The Balaban J connectivity index is 1.66. The number of nitrogens with zero attached hydrogens (tertiary/aromatic N) is 3. The van der Waals surface area contributed by atoms with Crippen molar-refractivity contribution in [2.45, 2.75) is 11.4 Å². The lowest BCUT2D eigenvalue weighted by molar-refractivity contribution is 0.574. The van der Waals surface area contributed by atoms with Crippen LogP contribution in [0.3, 0.4) is 0 Å². The number of para-hydroxylation sites is 1. The maximum Gasteiger partial charge on any atom is 0.243 e. The first kappa shape index (κ1) is 16.4. The molecule has 0 bridgehead atoms. The Labute approximate surface area is 149 Å². The van der Waals surface area contributed by atoms with E-state index in [9.17, 15) is 8.42 Å². The maximum absolute atomic E-state index is 12.8. The van der Waals surface area contributed by atoms with Gasteiger partial charge in [0.15, 0.2) is 5.76 Å². The first-order valence-corrected chi connectivity index (χ1v) is 9.31. The molecule has 0 fully saturated rings. The van der Waals surface area contributed by atoms with Crippen molar-refractivity contribution < 1.29 is 12.8 Å². The lowest BCUT2D eigenvalue weighted by atomic mass is 10.2. The zero-order valence-corrected chi connectivity index (χ0v) is 14.3. The SMILES string of the molecule is O=S(=O)(NCc1nccnc1-c1ccco1)c1cccc2cccnc12. The monoisotopic (exact) mass is 366 g/mol. The molecule has 0 atom stereocenters. The Morgan fingerprint density at radius 3 is 2.62 bits per heavy atom. The molecule has 130 valence electrons. The molecule has 3 aromatic heterocycles. The Hall–Kier alpha value is -3.10. The van der Waals surface area contributed by atoms with Gasteiger partial charge >= 0.3 is 0 Å². The number of hydrogen-bond donors (Lipinski definition) is 1. The highest BCUT2D eigenvalue weighted by Crippen LogP contribution is 2.22. The average Bonchev–Trinajstić information content (AvgIpc) is 3.21. The normalized spacial score (nSPS) is 11.7. The van der Waals surface area contributed by atoms with Gasteiger partial charge in [-0.2, -0.15) is 0 Å². The van der Waals surface area contributed by atoms with Gasteiger partial charge in [0, 0.05) is 24.0 Å². The third-order valence-electron chi connectivity index (χ3n) is 3.84. The van der Waals surface area contributed by atoms with E-state index in [0.717, 1.165) is 5.39 Å². The number of pyridine rings is 1. The van der Waals surface area contributed by atoms with Gasteiger partial charge in [-0.3, -0.25) is 9.97 Å². The molecule has 4 aromatic rings. The van der Waals surface area contributed by atoms with Crippen molar-refractivity contribution in [2.24, 2.45) is 0 Å². The molecule has 7 nitrogen and oxygen atoms in total. The van der Waals surface area contributed by atoms with E-state index in [0.29, 0.717) is 22.7 Å². The highest BCUT2D eigenvalue weighted by atomic mass is 32.2. The fourth-order valence-corrected chi connectivity index (χ4v) is 3.81. The third kappa shape index (κ3) is 3.07. The molecule has 0 saturated carbocycles. The van der Waals surface area contributed by atoms with Crippen molar-refractivity contribution >= 4 is 20.9 Å². The average molecular weight is 366 g/mol. The molecule has 0 aliphatic rings. The number of fused-ring (bicyclic) bond motifs is 1. The second-order valence-corrected chi connectivity index (χ2v) is 7.22. The molecule has 0 unspecified atom stereocenters. The lowest BCUT2D eigenvalue weighted by Gasteiger charge is -2.10. The Morgan fingerprint density at radius 2 is 1.77 bits per heavy atom. The molecular weight excluding hydrogens is 352 g/mol. The van der Waals surface area contributed by atoms with Gasteiger partial charge in [-0.1, -0.05) is 18.2 Å². The highest BCUT2D eigenvalue weighted by Gasteiger charge is 2.19. The predicted molar refractivity (Wildman–Crippen MR) is 95.5 cm³/mol. The van der Waals surface area contributed by atoms with Crippen molar-refractivity contribution in [3.8, 4) is 11.5 Å². The van der Waals surface area contributed by atoms with E-state index in [1.807, 2.05) is 12.1 Å². The summed E-state index contributed by atoms with van der Waals surface area (Å²) in [5, 5.41) is 0.756. The van der Waals surface area contributed by atoms with Gasteiger partial charge in [-0.15, -0.1) is 0 Å². The van der Waals surface area contributed by atoms with Crippen LogP contribution in [0.25, 0.3) is 22.4 Å². The third-order valence-corrected chi connectivity index (χ3v) is 5.28. The van der Waals surface area contributed by atoms with Crippen LogP contribution in [0.2, 0.25) is 0 Å². The first-order valence-electron chi connectivity index (χ1n) is 7.82. The molecule has 1 N–H and O–H groups in total. The van der Waals surface area contributed by atoms with Gasteiger partial charge in [0.1, 0.15) is 10.6 Å². The molecule has 0 saturated heterocycles. The predicted octanol–water partition coefficient (Wildman–Crippen LogP) is 2.76. The van der Waals surface area contributed by atoms with E-state index < -0.39 is 10.0 Å². The van der Waals surface area contributed by atoms with Crippen LogP contribution < -0.4 is 4.72 Å². The molecule has 1 aromatic carbocycles. The van der Waals surface area contributed by atoms with E-state index in [4.69, 9.17) is 4.42 Å². The molecule has 26 heavy (non-hydrogen) atoms. The molecule has 0 aliphatic carbocycles. The second-order valence-electron chi connectivity index (χ2n) is 5.48. The van der Waals surface area contributed by atoms with Gasteiger partial charge < -0.3 is 4.42 Å². The Bertz CT molecular complexity index is 1150. The summed E-state index contributed by atoms with van der Waals surface area (Å²) >= 11 is 0. The molecule has 0 aliphatic heterocycles. The number of furan rings is 1. The second kappa shape index (κ2) is 6.66. The minimum atomic E-state index is -3.78. The summed E-state index contributed by atoms with van der Waals surface area (Å²) in [6, 6.07) is 12.1. The largest absolute Gasteiger partial charge is 0.463 e. The summed E-state index contributed by atoms with van der Waals surface area (Å²) in [6.07, 6.45) is 6.14. The van der Waals surface area contributed by atoms with Crippen molar-refractivity contribution in [1.29, 1.82) is 0 Å². The standard InChI is InChI=1S/C18H14N4O3S/c23-26(24,16-7-1-4-13-5-2-8-20-17(13)16)22-12-14-18(21-10-9-19-14)15-6-3-11-25-15/h1-11,22H,12H2. The van der Waals surface area contributed by atoms with Crippen LogP contribution in [0.4, 0.5) is 0 Å². The zero-order valence-electron chi connectivity index (χ0n) is 13.5. The topological polar surface area (TPSA) is 98.0 Å². The van der Waals surface area contributed by atoms with Gasteiger partial charge in [0.05, 0.1) is 24.0 Å². The quantitative estimate of drug-likeness (QED) is 0.583. The zero-order chi connectivity index (χ0) is 18.0. The number of sulfonamides is 1. The molecule has 0 radical (unpaired) electrons. The van der Waals surface area contributed by atoms with E-state index in [1.165, 1.54) is 24.7 Å². The van der Waals surface area contributed by atoms with Crippen molar-refractivity contribution in [3.63, 3.8) is 0 Å². The van der Waals surface area contributed by atoms with Crippen molar-refractivity contribution in [2.75, 3.05) is 0 Å². The smallest absolute Gasteiger partial charge is 0.243 e. The van der Waals surface area contributed by atoms with Crippen LogP contribution in [0.1, 0.15) is 5.69 Å². The number of hydrogen-bond acceptors (Lipinski definition) is 6. The minimum absolute atomic E-state index is 0.0184. The molecule has 0 amide bonds. The van der Waals surface area contributed by atoms with E-state index in [1.54, 1.807) is 30.5 Å². The number of benzene rings is 1. The fraction of sp³-hybridized carbons (Fsp3) is 0.0556. The van der Waals surface area contributed by atoms with Gasteiger partial charge in [0.25, 0.3) is 0 Å². The summed E-state index contributed by atoms with van der Waals surface area (Å²) in [5.41, 5.74) is 1.39. The summed E-state index contributed by atoms with van der Waals surface area (Å²) in [7, 11) is -3.78. The van der Waals surface area contributed by atoms with Crippen molar-refractivity contribution in [3.05, 3.63) is 73.0 Å². The minimum Gasteiger partial charge on any atom is -0.463 e. The van der Waals surface area contributed by atoms with Crippen LogP contribution in [0.5, 0.6) is 0 Å². The molecule has 3 heterocycles. The fourth-order valence-electron chi connectivity index (χ4n) is 2.65. The van der Waals surface area contributed by atoms with E-state index in [-0.39, 0.29) is 11.4 Å².